The zero-order valence-corrected chi connectivity index (χ0v) is 9.61. The molecule has 0 atom stereocenters. The van der Waals surface area contributed by atoms with Gasteiger partial charge in [-0.15, -0.1) is 0 Å². The molecule has 0 bridgehead atoms. The predicted octanol–water partition coefficient (Wildman–Crippen LogP) is 2.77. The van der Waals surface area contributed by atoms with Crippen molar-refractivity contribution in [3.05, 3.63) is 40.0 Å². The number of cyclic esters (lactones) is 1. The molecule has 0 amide bonds. The van der Waals surface area contributed by atoms with Gasteiger partial charge in [0.25, 0.3) is 0 Å². The fourth-order valence-corrected chi connectivity index (χ4v) is 1.69. The van der Waals surface area contributed by atoms with Crippen LogP contribution in [0.3, 0.4) is 0 Å². The molecule has 0 fully saturated rings. The van der Waals surface area contributed by atoms with Gasteiger partial charge >= 0.3 is 5.97 Å². The van der Waals surface area contributed by atoms with Gasteiger partial charge in [-0.05, 0) is 23.8 Å². The zero-order valence-electron chi connectivity index (χ0n) is 8.03. The highest BCUT2D eigenvalue weighted by Crippen LogP contribution is 2.18. The van der Waals surface area contributed by atoms with Crippen LogP contribution in [0.4, 0.5) is 0 Å². The van der Waals surface area contributed by atoms with Crippen LogP contribution in [0.2, 0.25) is 0 Å². The highest BCUT2D eigenvalue weighted by Gasteiger charge is 2.19. The molecular weight excluding hydrogens is 258 g/mol. The lowest BCUT2D eigenvalue weighted by atomic mass is 10.2. The van der Waals surface area contributed by atoms with Crippen LogP contribution in [0.5, 0.6) is 0 Å². The maximum Gasteiger partial charge on any atom is 0.363 e. The van der Waals surface area contributed by atoms with E-state index in [9.17, 15) is 4.79 Å². The van der Waals surface area contributed by atoms with Gasteiger partial charge in [0.15, 0.2) is 11.6 Å². The molecule has 1 aromatic carbocycles. The summed E-state index contributed by atoms with van der Waals surface area (Å²) >= 11 is 3.36. The first kappa shape index (κ1) is 10.1. The lowest BCUT2D eigenvalue weighted by Crippen LogP contribution is -1.99. The van der Waals surface area contributed by atoms with Gasteiger partial charge in [0.1, 0.15) is 0 Å². The smallest absolute Gasteiger partial charge is 0.363 e. The van der Waals surface area contributed by atoms with Crippen molar-refractivity contribution in [2.75, 3.05) is 0 Å². The molecule has 0 saturated carbocycles. The number of hydrogen-bond acceptors (Lipinski definition) is 3. The second-order valence-electron chi connectivity index (χ2n) is 3.10. The maximum absolute atomic E-state index is 11.3. The Morgan fingerprint density at radius 3 is 2.87 bits per heavy atom. The predicted molar refractivity (Wildman–Crippen MR) is 61.3 cm³/mol. The number of halogens is 1. The van der Waals surface area contributed by atoms with Gasteiger partial charge in [-0.25, -0.2) is 9.79 Å². The molecule has 0 radical (unpaired) electrons. The Hall–Kier alpha value is -1.42. The first-order chi connectivity index (χ1) is 7.15. The third-order valence-corrected chi connectivity index (χ3v) is 2.37. The number of aliphatic imine (C=N–C) groups is 1. The topological polar surface area (TPSA) is 38.7 Å². The Morgan fingerprint density at radius 2 is 2.27 bits per heavy atom. The minimum atomic E-state index is -0.396. The Balaban J connectivity index is 2.35. The molecule has 1 aromatic rings. The molecule has 2 rings (SSSR count). The molecule has 0 unspecified atom stereocenters. The number of benzene rings is 1. The average Bonchev–Trinajstić information content (AvgIpc) is 2.45. The summed E-state index contributed by atoms with van der Waals surface area (Å²) < 4.78 is 5.77. The summed E-state index contributed by atoms with van der Waals surface area (Å²) in [6, 6.07) is 7.62. The van der Waals surface area contributed by atoms with E-state index in [1.807, 2.05) is 24.3 Å². The number of carbonyl (C=O) groups excluding carboxylic acids is 1. The molecule has 15 heavy (non-hydrogen) atoms. The van der Waals surface area contributed by atoms with Gasteiger partial charge < -0.3 is 4.74 Å². The van der Waals surface area contributed by atoms with E-state index in [2.05, 4.69) is 20.9 Å². The van der Waals surface area contributed by atoms with E-state index in [4.69, 9.17) is 4.74 Å². The van der Waals surface area contributed by atoms with Crippen LogP contribution >= 0.6 is 15.9 Å². The first-order valence-electron chi connectivity index (χ1n) is 4.40. The minimum absolute atomic E-state index is 0.339. The summed E-state index contributed by atoms with van der Waals surface area (Å²) in [6.45, 7) is 1.65. The van der Waals surface area contributed by atoms with Crippen molar-refractivity contribution in [1.29, 1.82) is 0 Å². The van der Waals surface area contributed by atoms with Gasteiger partial charge in [0.2, 0.25) is 0 Å². The Kier molecular flexibility index (Phi) is 2.68. The second-order valence-corrected chi connectivity index (χ2v) is 4.02. The Morgan fingerprint density at radius 1 is 1.47 bits per heavy atom. The normalized spacial score (nSPS) is 17.9. The largest absolute Gasteiger partial charge is 0.407 e. The molecule has 76 valence electrons. The number of nitrogens with zero attached hydrogens (tertiary/aromatic N) is 1. The van der Waals surface area contributed by atoms with Crippen LogP contribution in [-0.4, -0.2) is 11.9 Å². The van der Waals surface area contributed by atoms with Crippen molar-refractivity contribution >= 4 is 33.9 Å². The molecule has 0 spiro atoms. The summed E-state index contributed by atoms with van der Waals surface area (Å²) in [5.41, 5.74) is 1.25. The van der Waals surface area contributed by atoms with E-state index in [-0.39, 0.29) is 0 Å². The van der Waals surface area contributed by atoms with Gasteiger partial charge in [0.05, 0.1) is 0 Å². The van der Waals surface area contributed by atoms with Crippen LogP contribution in [0.1, 0.15) is 12.5 Å². The summed E-state index contributed by atoms with van der Waals surface area (Å²) in [5, 5.41) is 0. The van der Waals surface area contributed by atoms with Crippen LogP contribution in [0.15, 0.2) is 39.4 Å². The summed E-state index contributed by atoms with van der Waals surface area (Å²) in [7, 11) is 0. The van der Waals surface area contributed by atoms with Gasteiger partial charge in [-0.1, -0.05) is 28.1 Å². The molecule has 1 heterocycles. The van der Waals surface area contributed by atoms with Crippen molar-refractivity contribution in [3.8, 4) is 0 Å². The van der Waals surface area contributed by atoms with Crippen molar-refractivity contribution < 1.29 is 9.53 Å². The van der Waals surface area contributed by atoms with Crippen molar-refractivity contribution in [2.24, 2.45) is 4.99 Å². The molecule has 1 aliphatic heterocycles. The molecule has 3 nitrogen and oxygen atoms in total. The molecule has 4 heteroatoms. The summed E-state index contributed by atoms with van der Waals surface area (Å²) in [6.07, 6.45) is 1.70. The van der Waals surface area contributed by atoms with E-state index < -0.39 is 5.97 Å². The van der Waals surface area contributed by atoms with Crippen molar-refractivity contribution in [3.63, 3.8) is 0 Å². The number of rotatable bonds is 1. The Bertz CT molecular complexity index is 477. The fraction of sp³-hybridized carbons (Fsp3) is 0.0909. The van der Waals surface area contributed by atoms with E-state index in [1.54, 1.807) is 13.0 Å². The summed E-state index contributed by atoms with van der Waals surface area (Å²) in [4.78, 5) is 15.2. The lowest BCUT2D eigenvalue weighted by molar-refractivity contribution is -0.130. The second kappa shape index (κ2) is 3.98. The van der Waals surface area contributed by atoms with Gasteiger partial charge in [0, 0.05) is 11.4 Å². The highest BCUT2D eigenvalue weighted by molar-refractivity contribution is 9.10. The van der Waals surface area contributed by atoms with Gasteiger partial charge in [-0.3, -0.25) is 0 Å². The molecule has 0 N–H and O–H groups in total. The van der Waals surface area contributed by atoms with E-state index in [1.165, 1.54) is 0 Å². The average molecular weight is 266 g/mol. The fourth-order valence-electron chi connectivity index (χ4n) is 1.27. The first-order valence-corrected chi connectivity index (χ1v) is 5.19. The number of esters is 1. The van der Waals surface area contributed by atoms with Crippen LogP contribution in [-0.2, 0) is 9.53 Å². The number of hydrogen-bond donors (Lipinski definition) is 0. The van der Waals surface area contributed by atoms with Crippen LogP contribution in [0, 0.1) is 0 Å². The zero-order chi connectivity index (χ0) is 10.8. The third-order valence-electron chi connectivity index (χ3n) is 1.88. The highest BCUT2D eigenvalue weighted by atomic mass is 79.9. The molecule has 0 aliphatic carbocycles. The quantitative estimate of drug-likeness (QED) is 0.579. The standard InChI is InChI=1S/C11H8BrNO2/c1-7-13-10(11(14)15-7)6-8-3-2-4-9(12)5-8/h2-6H,1H3/b10-6-. The minimum Gasteiger partial charge on any atom is -0.407 e. The van der Waals surface area contributed by atoms with Gasteiger partial charge in [-0.2, -0.15) is 0 Å². The lowest BCUT2D eigenvalue weighted by Gasteiger charge is -1.94. The van der Waals surface area contributed by atoms with E-state index >= 15 is 0 Å². The Labute approximate surface area is 95.6 Å². The third kappa shape index (κ3) is 2.33. The molecule has 0 aromatic heterocycles. The van der Waals surface area contributed by atoms with Crippen LogP contribution < -0.4 is 0 Å². The number of carbonyl (C=O) groups is 1. The van der Waals surface area contributed by atoms with E-state index in [0.717, 1.165) is 10.0 Å². The molecule has 1 aliphatic rings. The molecule has 0 saturated heterocycles. The van der Waals surface area contributed by atoms with E-state index in [0.29, 0.717) is 11.6 Å². The SMILES string of the molecule is CC1=N/C(=C\c2cccc(Br)c2)C(=O)O1. The monoisotopic (exact) mass is 265 g/mol. The number of ether oxygens (including phenoxy) is 1. The molecular formula is C11H8BrNO2. The van der Waals surface area contributed by atoms with Crippen molar-refractivity contribution in [1.82, 2.24) is 0 Å². The van der Waals surface area contributed by atoms with Crippen molar-refractivity contribution in [2.45, 2.75) is 6.92 Å². The van der Waals surface area contributed by atoms with Crippen LogP contribution in [0.25, 0.3) is 6.08 Å². The summed E-state index contributed by atoms with van der Waals surface area (Å²) in [5.74, 6) is -0.00581. The maximum atomic E-state index is 11.3.